The van der Waals surface area contributed by atoms with Crippen molar-refractivity contribution in [2.24, 2.45) is 4.99 Å². The Morgan fingerprint density at radius 2 is 2.25 bits per heavy atom. The number of nitrogens with zero attached hydrogens (tertiary/aromatic N) is 3. The van der Waals surface area contributed by atoms with E-state index in [9.17, 15) is 4.79 Å². The predicted octanol–water partition coefficient (Wildman–Crippen LogP) is 1.07. The number of amidine groups is 1. The number of piperidine rings is 1. The molecule has 0 unspecified atom stereocenters. The van der Waals surface area contributed by atoms with Crippen LogP contribution in [0.3, 0.4) is 0 Å². The molecule has 1 amide bonds. The van der Waals surface area contributed by atoms with Gasteiger partial charge in [0.05, 0.1) is 6.54 Å². The van der Waals surface area contributed by atoms with Crippen LogP contribution in [0.4, 0.5) is 0 Å². The number of carbonyl (C=O) groups excluding carboxylic acids is 1. The molecule has 3 heterocycles. The Hall–Kier alpha value is -1.99. The second kappa shape index (κ2) is 7.72. The quantitative estimate of drug-likeness (QED) is 0.763. The van der Waals surface area contributed by atoms with Gasteiger partial charge in [-0.05, 0) is 18.6 Å². The molecule has 1 aromatic heterocycles. The Labute approximate surface area is 142 Å². The van der Waals surface area contributed by atoms with Crippen molar-refractivity contribution in [2.75, 3.05) is 26.2 Å². The first-order valence-electron chi connectivity index (χ1n) is 8.65. The van der Waals surface area contributed by atoms with Crippen molar-refractivity contribution in [2.45, 2.75) is 38.3 Å². The van der Waals surface area contributed by atoms with Crippen LogP contribution in [0, 0.1) is 0 Å². The van der Waals surface area contributed by atoms with Gasteiger partial charge in [-0.3, -0.25) is 14.7 Å². The van der Waals surface area contributed by atoms with Gasteiger partial charge in [-0.25, -0.2) is 15.3 Å². The van der Waals surface area contributed by atoms with E-state index in [1.807, 2.05) is 18.2 Å². The van der Waals surface area contributed by atoms with Crippen LogP contribution in [-0.4, -0.2) is 53.5 Å². The van der Waals surface area contributed by atoms with Crippen molar-refractivity contribution in [3.05, 3.63) is 30.1 Å². The first-order valence-corrected chi connectivity index (χ1v) is 8.65. The van der Waals surface area contributed by atoms with Crippen molar-refractivity contribution in [3.63, 3.8) is 0 Å². The molecule has 0 aromatic carbocycles. The molecule has 1 fully saturated rings. The third-order valence-corrected chi connectivity index (χ3v) is 4.42. The average molecular weight is 331 g/mol. The fourth-order valence-corrected chi connectivity index (χ4v) is 2.94. The number of amides is 1. The summed E-state index contributed by atoms with van der Waals surface area (Å²) < 4.78 is 0. The molecule has 0 radical (unpaired) electrons. The number of hydroxylamine groups is 1. The second-order valence-electron chi connectivity index (χ2n) is 6.31. The number of rotatable bonds is 6. The first kappa shape index (κ1) is 16.9. The lowest BCUT2D eigenvalue weighted by Gasteiger charge is -2.35. The Balaban J connectivity index is 1.50. The lowest BCUT2D eigenvalue weighted by atomic mass is 10.0. The molecule has 3 rings (SSSR count). The predicted molar refractivity (Wildman–Crippen MR) is 91.3 cm³/mol. The number of hydrogen-bond acceptors (Lipinski definition) is 6. The van der Waals surface area contributed by atoms with Crippen LogP contribution in [-0.2, 0) is 9.63 Å². The zero-order valence-corrected chi connectivity index (χ0v) is 14.1. The smallest absolute Gasteiger partial charge is 0.234 e. The summed E-state index contributed by atoms with van der Waals surface area (Å²) in [6.07, 6.45) is 5.38. The SMILES string of the molecule is CCCCNC(=O)CN1CCC2(CC1)N=C(c1ccccn1)NO2. The Kier molecular flexibility index (Phi) is 5.42. The number of unbranched alkanes of at least 4 members (excludes halogenated alkanes) is 1. The zero-order valence-electron chi connectivity index (χ0n) is 14.1. The number of likely N-dealkylation sites (tertiary alicyclic amines) is 1. The van der Waals surface area contributed by atoms with Crippen LogP contribution in [0.1, 0.15) is 38.3 Å². The molecule has 0 bridgehead atoms. The maximum absolute atomic E-state index is 11.9. The summed E-state index contributed by atoms with van der Waals surface area (Å²) in [5.74, 6) is 0.781. The molecule has 0 atom stereocenters. The number of aromatic nitrogens is 1. The van der Waals surface area contributed by atoms with Gasteiger partial charge in [0.25, 0.3) is 0 Å². The second-order valence-corrected chi connectivity index (χ2v) is 6.31. The lowest BCUT2D eigenvalue weighted by Crippen LogP contribution is -2.47. The van der Waals surface area contributed by atoms with Gasteiger partial charge in [0.1, 0.15) is 5.69 Å². The van der Waals surface area contributed by atoms with Crippen molar-refractivity contribution in [3.8, 4) is 0 Å². The Morgan fingerprint density at radius 1 is 1.42 bits per heavy atom. The third-order valence-electron chi connectivity index (χ3n) is 4.42. The van der Waals surface area contributed by atoms with Gasteiger partial charge in [0, 0.05) is 38.7 Å². The fourth-order valence-electron chi connectivity index (χ4n) is 2.94. The van der Waals surface area contributed by atoms with Gasteiger partial charge in [0.15, 0.2) is 11.6 Å². The third kappa shape index (κ3) is 4.10. The highest BCUT2D eigenvalue weighted by atomic mass is 16.7. The van der Waals surface area contributed by atoms with E-state index in [-0.39, 0.29) is 5.91 Å². The lowest BCUT2D eigenvalue weighted by molar-refractivity contribution is -0.125. The van der Waals surface area contributed by atoms with E-state index < -0.39 is 5.72 Å². The van der Waals surface area contributed by atoms with Crippen LogP contribution in [0.25, 0.3) is 0 Å². The van der Waals surface area contributed by atoms with E-state index in [0.717, 1.165) is 51.0 Å². The van der Waals surface area contributed by atoms with Crippen LogP contribution < -0.4 is 10.8 Å². The van der Waals surface area contributed by atoms with Crippen LogP contribution in [0.15, 0.2) is 29.4 Å². The molecule has 1 aromatic rings. The van der Waals surface area contributed by atoms with Gasteiger partial charge in [-0.15, -0.1) is 0 Å². The van der Waals surface area contributed by atoms with Gasteiger partial charge in [-0.2, -0.15) is 0 Å². The number of carbonyl (C=O) groups is 1. The summed E-state index contributed by atoms with van der Waals surface area (Å²) in [4.78, 5) is 28.8. The molecule has 1 spiro atoms. The van der Waals surface area contributed by atoms with Gasteiger partial charge >= 0.3 is 0 Å². The van der Waals surface area contributed by atoms with Gasteiger partial charge in [-0.1, -0.05) is 19.4 Å². The number of hydrogen-bond donors (Lipinski definition) is 2. The van der Waals surface area contributed by atoms with E-state index >= 15 is 0 Å². The summed E-state index contributed by atoms with van der Waals surface area (Å²) >= 11 is 0. The summed E-state index contributed by atoms with van der Waals surface area (Å²) in [6.45, 7) is 4.91. The maximum Gasteiger partial charge on any atom is 0.234 e. The molecule has 7 nitrogen and oxygen atoms in total. The minimum absolute atomic E-state index is 0.0996. The molecule has 130 valence electrons. The standard InChI is InChI=1S/C17H25N5O2/c1-2-3-9-19-15(23)13-22-11-7-17(8-12-22)20-16(21-24-17)14-6-4-5-10-18-14/h4-6,10H,2-3,7-9,11-13H2,1H3,(H,19,23)(H,20,21). The summed E-state index contributed by atoms with van der Waals surface area (Å²) in [7, 11) is 0. The van der Waals surface area contributed by atoms with Crippen molar-refractivity contribution in [1.29, 1.82) is 0 Å². The zero-order chi connectivity index (χ0) is 16.8. The van der Waals surface area contributed by atoms with Crippen LogP contribution >= 0.6 is 0 Å². The summed E-state index contributed by atoms with van der Waals surface area (Å²) in [5.41, 5.74) is 3.17. The van der Waals surface area contributed by atoms with E-state index in [1.54, 1.807) is 6.20 Å². The van der Waals surface area contributed by atoms with Crippen LogP contribution in [0.5, 0.6) is 0 Å². The topological polar surface area (TPSA) is 78.9 Å². The molecule has 7 heteroatoms. The van der Waals surface area contributed by atoms with E-state index in [2.05, 4.69) is 27.6 Å². The normalized spacial score (nSPS) is 19.8. The highest BCUT2D eigenvalue weighted by Crippen LogP contribution is 2.30. The van der Waals surface area contributed by atoms with E-state index in [0.29, 0.717) is 12.4 Å². The minimum atomic E-state index is -0.526. The highest BCUT2D eigenvalue weighted by Gasteiger charge is 2.40. The van der Waals surface area contributed by atoms with Crippen molar-refractivity contribution < 1.29 is 9.63 Å². The maximum atomic E-state index is 11.9. The van der Waals surface area contributed by atoms with E-state index in [4.69, 9.17) is 9.83 Å². The summed E-state index contributed by atoms with van der Waals surface area (Å²) in [5, 5.41) is 2.96. The van der Waals surface area contributed by atoms with Gasteiger partial charge in [0.2, 0.25) is 5.91 Å². The van der Waals surface area contributed by atoms with Crippen molar-refractivity contribution >= 4 is 11.7 Å². The molecule has 0 saturated carbocycles. The largest absolute Gasteiger partial charge is 0.355 e. The Bertz CT molecular complexity index is 582. The molecule has 2 N–H and O–H groups in total. The highest BCUT2D eigenvalue weighted by molar-refractivity contribution is 5.97. The van der Waals surface area contributed by atoms with Crippen molar-refractivity contribution in [1.82, 2.24) is 20.7 Å². The first-order chi connectivity index (χ1) is 11.7. The molecule has 1 saturated heterocycles. The van der Waals surface area contributed by atoms with E-state index in [1.165, 1.54) is 0 Å². The molecule has 2 aliphatic heterocycles. The molecule has 24 heavy (non-hydrogen) atoms. The monoisotopic (exact) mass is 331 g/mol. The molecule has 0 aliphatic carbocycles. The fraction of sp³-hybridized carbons (Fsp3) is 0.588. The Morgan fingerprint density at radius 3 is 2.96 bits per heavy atom. The number of pyridine rings is 1. The van der Waals surface area contributed by atoms with Gasteiger partial charge < -0.3 is 5.32 Å². The summed E-state index contributed by atoms with van der Waals surface area (Å²) in [6, 6.07) is 5.71. The average Bonchev–Trinajstić information content (AvgIpc) is 3.02. The molecule has 2 aliphatic rings. The molecular weight excluding hydrogens is 306 g/mol. The molecular formula is C17H25N5O2. The van der Waals surface area contributed by atoms with Crippen LogP contribution in [0.2, 0.25) is 0 Å². The number of aliphatic imine (C=N–C) groups is 1. The number of nitrogens with one attached hydrogen (secondary N) is 2. The minimum Gasteiger partial charge on any atom is -0.355 e.